The second-order valence-corrected chi connectivity index (χ2v) is 15.7. The van der Waals surface area contributed by atoms with Crippen molar-refractivity contribution in [3.8, 4) is 34.3 Å². The first-order valence-electron chi connectivity index (χ1n) is 20.6. The van der Waals surface area contributed by atoms with Crippen molar-refractivity contribution in [1.29, 1.82) is 0 Å². The molecule has 3 aliphatic rings. The van der Waals surface area contributed by atoms with Crippen LogP contribution in [0.15, 0.2) is 78.9 Å². The highest BCUT2D eigenvalue weighted by atomic mass is 16.6. The second-order valence-electron chi connectivity index (χ2n) is 15.7. The summed E-state index contributed by atoms with van der Waals surface area (Å²) in [5.41, 5.74) is 3.95. The number of phenolic OH excluding ortho intramolecular Hbond substituents is 2. The number of anilines is 2. The third-order valence-electron chi connectivity index (χ3n) is 11.4. The summed E-state index contributed by atoms with van der Waals surface area (Å²) in [5.74, 6) is -1.79. The monoisotopic (exact) mass is 855 g/mol. The number of rotatable bonds is 10. The predicted octanol–water partition coefficient (Wildman–Crippen LogP) is 4.55. The summed E-state index contributed by atoms with van der Waals surface area (Å²) < 4.78 is 7.07. The van der Waals surface area contributed by atoms with Gasteiger partial charge in [-0.2, -0.15) is 0 Å². The fraction of sp³-hybridized carbons (Fsp3) is 0.289. The van der Waals surface area contributed by atoms with Gasteiger partial charge in [0.1, 0.15) is 23.3 Å². The molecule has 4 heterocycles. The zero-order valence-electron chi connectivity index (χ0n) is 34.8. The zero-order valence-corrected chi connectivity index (χ0v) is 34.8. The summed E-state index contributed by atoms with van der Waals surface area (Å²) in [7, 11) is 0. The van der Waals surface area contributed by atoms with Crippen LogP contribution in [0.25, 0.3) is 17.1 Å². The van der Waals surface area contributed by atoms with Gasteiger partial charge < -0.3 is 35.0 Å². The van der Waals surface area contributed by atoms with Crippen molar-refractivity contribution in [1.82, 2.24) is 35.2 Å². The number of fused-ring (bicyclic) bond motifs is 1. The number of carbonyl (C=O) groups is 6. The maximum atomic E-state index is 13.7. The van der Waals surface area contributed by atoms with Gasteiger partial charge in [-0.15, -0.1) is 10.2 Å². The number of piperidine rings is 1. The Morgan fingerprint density at radius 3 is 2.27 bits per heavy atom. The first-order chi connectivity index (χ1) is 30.3. The average molecular weight is 856 g/mol. The molecular weight excluding hydrogens is 811 g/mol. The number of carbonyl (C=O) groups excluding carboxylic acids is 6. The number of ether oxygens (including phenoxy) is 1. The molecule has 0 bridgehead atoms. The van der Waals surface area contributed by atoms with Crippen LogP contribution in [-0.2, 0) is 16.1 Å². The van der Waals surface area contributed by atoms with Crippen LogP contribution < -0.4 is 25.6 Å². The molecule has 2 fully saturated rings. The van der Waals surface area contributed by atoms with Crippen LogP contribution in [0, 0.1) is 0 Å². The third kappa shape index (κ3) is 8.34. The average Bonchev–Trinajstić information content (AvgIpc) is 3.86. The van der Waals surface area contributed by atoms with E-state index >= 15 is 0 Å². The minimum absolute atomic E-state index is 0.0149. The summed E-state index contributed by atoms with van der Waals surface area (Å²) >= 11 is 0. The molecule has 4 aromatic carbocycles. The van der Waals surface area contributed by atoms with Crippen molar-refractivity contribution in [3.05, 3.63) is 107 Å². The minimum atomic E-state index is -0.781. The molecule has 0 saturated carbocycles. The Morgan fingerprint density at radius 1 is 0.873 bits per heavy atom. The van der Waals surface area contributed by atoms with Gasteiger partial charge >= 0.3 is 6.09 Å². The molecule has 1 aromatic heterocycles. The molecule has 5 N–H and O–H groups in total. The number of amides is 6. The molecule has 63 heavy (non-hydrogen) atoms. The van der Waals surface area contributed by atoms with E-state index in [0.717, 1.165) is 5.69 Å². The van der Waals surface area contributed by atoms with Gasteiger partial charge in [0.2, 0.25) is 17.6 Å². The first-order valence-corrected chi connectivity index (χ1v) is 20.6. The van der Waals surface area contributed by atoms with E-state index in [1.807, 2.05) is 26.0 Å². The van der Waals surface area contributed by atoms with E-state index in [1.165, 1.54) is 15.5 Å². The molecule has 1 atom stereocenters. The van der Waals surface area contributed by atoms with Crippen LogP contribution in [-0.4, -0.2) is 109 Å². The molecule has 5 aromatic rings. The van der Waals surface area contributed by atoms with Crippen LogP contribution in [0.1, 0.15) is 82.0 Å². The van der Waals surface area contributed by atoms with Crippen molar-refractivity contribution in [2.75, 3.05) is 42.9 Å². The number of hydrogen-bond donors (Lipinski definition) is 5. The van der Waals surface area contributed by atoms with Crippen LogP contribution >= 0.6 is 0 Å². The first kappa shape index (κ1) is 42.0. The number of aromatic hydroxyl groups is 2. The van der Waals surface area contributed by atoms with Crippen LogP contribution in [0.5, 0.6) is 17.2 Å². The number of piperazine rings is 1. The smallest absolute Gasteiger partial charge is 0.417 e. The number of imide groups is 1. The highest BCUT2D eigenvalue weighted by Crippen LogP contribution is 2.38. The van der Waals surface area contributed by atoms with E-state index in [9.17, 15) is 39.0 Å². The molecule has 18 heteroatoms. The standard InChI is InChI=1S/C45H45N9O9/c1-4-46-42(59)40-50-49-39(32-22-31(25(2)3)36(55)23-37(32)56)54(40)28-10-8-26(9-11-28)43(60)52-20-18-51(19-21-52)27-12-14-29(15-13-27)63-45(62)47-34-7-5-6-30-33(34)24-53(44(30)61)35-16-17-38(57)48-41(35)58/h5-15,22-23,25,35,55-56H,4,16-21,24H2,1-3H3,(H,46,59)(H,47,62)(H,48,57,58). The quantitative estimate of drug-likeness (QED) is 0.122. The van der Waals surface area contributed by atoms with Gasteiger partial charge in [-0.05, 0) is 91.6 Å². The molecule has 3 aliphatic heterocycles. The zero-order chi connectivity index (χ0) is 44.5. The molecule has 2 saturated heterocycles. The van der Waals surface area contributed by atoms with Gasteiger partial charge in [0.25, 0.3) is 17.7 Å². The number of nitrogens with zero attached hydrogens (tertiary/aromatic N) is 6. The van der Waals surface area contributed by atoms with Gasteiger partial charge in [0, 0.05) is 85.5 Å². The normalized spacial score (nSPS) is 16.2. The van der Waals surface area contributed by atoms with Crippen molar-refractivity contribution >= 4 is 47.0 Å². The van der Waals surface area contributed by atoms with Crippen LogP contribution in [0.3, 0.4) is 0 Å². The Labute approximate surface area is 361 Å². The van der Waals surface area contributed by atoms with Crippen LogP contribution in [0.4, 0.5) is 16.2 Å². The molecule has 0 aliphatic carbocycles. The maximum absolute atomic E-state index is 13.7. The van der Waals surface area contributed by atoms with E-state index in [-0.39, 0.29) is 71.7 Å². The Morgan fingerprint density at radius 2 is 1.59 bits per heavy atom. The molecule has 0 spiro atoms. The summed E-state index contributed by atoms with van der Waals surface area (Å²) in [6, 6.07) is 20.7. The Balaban J connectivity index is 0.884. The summed E-state index contributed by atoms with van der Waals surface area (Å²) in [4.78, 5) is 82.3. The van der Waals surface area contributed by atoms with E-state index in [2.05, 4.69) is 31.0 Å². The summed E-state index contributed by atoms with van der Waals surface area (Å²) in [5, 5.41) is 37.4. The van der Waals surface area contributed by atoms with E-state index in [1.54, 1.807) is 72.5 Å². The molecular formula is C45H45N9O9. The SMILES string of the molecule is CCNC(=O)c1nnc(-c2cc(C(C)C)c(O)cc2O)n1-c1ccc(C(=O)N2CCN(c3ccc(OC(=O)Nc4cccc5c4CN(C4CCC(=O)NC4=O)C5=O)cc3)CC2)cc1. The maximum Gasteiger partial charge on any atom is 0.417 e. The number of aromatic nitrogens is 3. The lowest BCUT2D eigenvalue weighted by molar-refractivity contribution is -0.136. The molecule has 1 unspecified atom stereocenters. The fourth-order valence-corrected chi connectivity index (χ4v) is 8.10. The lowest BCUT2D eigenvalue weighted by Crippen LogP contribution is -2.52. The molecule has 324 valence electrons. The van der Waals surface area contributed by atoms with Crippen molar-refractivity contribution in [2.45, 2.75) is 52.1 Å². The van der Waals surface area contributed by atoms with Crippen molar-refractivity contribution in [2.24, 2.45) is 0 Å². The Kier molecular flexibility index (Phi) is 11.5. The third-order valence-corrected chi connectivity index (χ3v) is 11.4. The van der Waals surface area contributed by atoms with Gasteiger partial charge in [-0.3, -0.25) is 39.2 Å². The van der Waals surface area contributed by atoms with Gasteiger partial charge in [0.05, 0.1) is 5.56 Å². The molecule has 0 radical (unpaired) electrons. The predicted molar refractivity (Wildman–Crippen MR) is 229 cm³/mol. The number of hydrogen-bond acceptors (Lipinski definition) is 12. The van der Waals surface area contributed by atoms with Gasteiger partial charge in [-0.25, -0.2) is 4.79 Å². The summed E-state index contributed by atoms with van der Waals surface area (Å²) in [6.45, 7) is 8.02. The molecule has 6 amide bonds. The number of nitrogens with one attached hydrogen (secondary N) is 3. The Hall–Kier alpha value is -7.76. The fourth-order valence-electron chi connectivity index (χ4n) is 8.10. The lowest BCUT2D eigenvalue weighted by atomic mass is 9.98. The lowest BCUT2D eigenvalue weighted by Gasteiger charge is -2.36. The van der Waals surface area contributed by atoms with Crippen molar-refractivity contribution < 1.29 is 43.7 Å². The number of phenols is 2. The van der Waals surface area contributed by atoms with Crippen molar-refractivity contribution in [3.63, 3.8) is 0 Å². The van der Waals surface area contributed by atoms with Crippen LogP contribution in [0.2, 0.25) is 0 Å². The van der Waals surface area contributed by atoms with Gasteiger partial charge in [0.15, 0.2) is 5.82 Å². The largest absolute Gasteiger partial charge is 0.508 e. The topological polar surface area (TPSA) is 229 Å². The van der Waals surface area contributed by atoms with E-state index in [4.69, 9.17) is 4.74 Å². The Bertz CT molecular complexity index is 2640. The van der Waals surface area contributed by atoms with Gasteiger partial charge in [-0.1, -0.05) is 19.9 Å². The second kappa shape index (κ2) is 17.3. The number of benzene rings is 4. The highest BCUT2D eigenvalue weighted by Gasteiger charge is 2.40. The molecule has 18 nitrogen and oxygen atoms in total. The minimum Gasteiger partial charge on any atom is -0.508 e. The molecule has 8 rings (SSSR count). The van der Waals surface area contributed by atoms with E-state index < -0.39 is 23.9 Å². The van der Waals surface area contributed by atoms with E-state index in [0.29, 0.717) is 72.1 Å². The summed E-state index contributed by atoms with van der Waals surface area (Å²) in [6.07, 6.45) is -0.399. The highest BCUT2D eigenvalue weighted by molar-refractivity contribution is 6.06.